The first-order chi connectivity index (χ1) is 15.4. The van der Waals surface area contributed by atoms with Gasteiger partial charge in [-0.1, -0.05) is 12.1 Å². The van der Waals surface area contributed by atoms with Gasteiger partial charge in [-0.3, -0.25) is 14.5 Å². The molecule has 1 aromatic heterocycles. The molecule has 0 bridgehead atoms. The van der Waals surface area contributed by atoms with Crippen molar-refractivity contribution in [3.8, 4) is 6.07 Å². The number of aromatic amines is 1. The average molecular weight is 456 g/mol. The fourth-order valence-corrected chi connectivity index (χ4v) is 5.68. The van der Waals surface area contributed by atoms with E-state index in [1.54, 1.807) is 29.3 Å². The lowest BCUT2D eigenvalue weighted by atomic mass is 10.2. The van der Waals surface area contributed by atoms with Crippen molar-refractivity contribution in [3.63, 3.8) is 0 Å². The van der Waals surface area contributed by atoms with Gasteiger partial charge in [-0.05, 0) is 31.0 Å². The molecular formula is C22H25N5O4S. The van der Waals surface area contributed by atoms with Crippen LogP contribution in [-0.4, -0.2) is 85.0 Å². The van der Waals surface area contributed by atoms with Gasteiger partial charge in [0.05, 0.1) is 17.0 Å². The molecule has 0 spiro atoms. The molecule has 0 unspecified atom stereocenters. The third kappa shape index (κ3) is 4.46. The van der Waals surface area contributed by atoms with Crippen molar-refractivity contribution in [2.75, 3.05) is 45.8 Å². The number of nitrogens with zero attached hydrogens (tertiary/aromatic N) is 4. The van der Waals surface area contributed by atoms with E-state index in [-0.39, 0.29) is 41.8 Å². The predicted molar refractivity (Wildman–Crippen MR) is 117 cm³/mol. The summed E-state index contributed by atoms with van der Waals surface area (Å²) in [5.74, 6) is -0.203. The van der Waals surface area contributed by atoms with E-state index in [0.717, 1.165) is 25.9 Å². The van der Waals surface area contributed by atoms with Gasteiger partial charge in [0.1, 0.15) is 11.8 Å². The highest BCUT2D eigenvalue weighted by Crippen LogP contribution is 2.21. The zero-order valence-electron chi connectivity index (χ0n) is 17.7. The number of hydrogen-bond donors (Lipinski definition) is 1. The van der Waals surface area contributed by atoms with Crippen LogP contribution in [0.15, 0.2) is 41.4 Å². The van der Waals surface area contributed by atoms with E-state index in [2.05, 4.69) is 4.98 Å². The Morgan fingerprint density at radius 1 is 1.03 bits per heavy atom. The normalized spacial score (nSPS) is 17.9. The van der Waals surface area contributed by atoms with Crippen molar-refractivity contribution in [1.29, 1.82) is 5.26 Å². The second-order valence-corrected chi connectivity index (χ2v) is 9.92. The fraction of sp³-hybridized carbons (Fsp3) is 0.409. The highest BCUT2D eigenvalue weighted by Gasteiger charge is 2.31. The summed E-state index contributed by atoms with van der Waals surface area (Å²) in [6.45, 7) is 2.92. The summed E-state index contributed by atoms with van der Waals surface area (Å²) in [5, 5.41) is 9.22. The van der Waals surface area contributed by atoms with Gasteiger partial charge in [0.2, 0.25) is 10.0 Å². The molecule has 2 aliphatic heterocycles. The van der Waals surface area contributed by atoms with E-state index >= 15 is 0 Å². The van der Waals surface area contributed by atoms with E-state index < -0.39 is 10.0 Å². The molecule has 168 valence electrons. The number of nitriles is 1. The Kier molecular flexibility index (Phi) is 6.41. The largest absolute Gasteiger partial charge is 0.356 e. The number of benzene rings is 1. The molecule has 10 heteroatoms. The molecular weight excluding hydrogens is 430 g/mol. The van der Waals surface area contributed by atoms with Gasteiger partial charge in [-0.25, -0.2) is 8.42 Å². The Hall–Kier alpha value is -3.00. The molecule has 1 amide bonds. The summed E-state index contributed by atoms with van der Waals surface area (Å²) < 4.78 is 27.2. The molecule has 1 aromatic carbocycles. The summed E-state index contributed by atoms with van der Waals surface area (Å²) in [5.41, 5.74) is 0.990. The summed E-state index contributed by atoms with van der Waals surface area (Å²) in [4.78, 5) is 31.8. The Morgan fingerprint density at radius 2 is 1.72 bits per heavy atom. The first kappa shape index (κ1) is 22.2. The summed E-state index contributed by atoms with van der Waals surface area (Å²) in [6, 6.07) is 9.69. The third-order valence-electron chi connectivity index (χ3n) is 5.95. The van der Waals surface area contributed by atoms with Crippen LogP contribution in [0.25, 0.3) is 0 Å². The van der Waals surface area contributed by atoms with Crippen LogP contribution in [0.5, 0.6) is 0 Å². The molecule has 2 aromatic rings. The van der Waals surface area contributed by atoms with Gasteiger partial charge < -0.3 is 9.88 Å². The zero-order valence-corrected chi connectivity index (χ0v) is 18.5. The lowest BCUT2D eigenvalue weighted by Gasteiger charge is -2.33. The van der Waals surface area contributed by atoms with E-state index in [0.29, 0.717) is 24.3 Å². The molecule has 2 saturated heterocycles. The quantitative estimate of drug-likeness (QED) is 0.657. The van der Waals surface area contributed by atoms with Crippen molar-refractivity contribution in [2.24, 2.45) is 0 Å². The number of carbonyl (C=O) groups is 2. The predicted octanol–water partition coefficient (Wildman–Crippen LogP) is 1.31. The maximum atomic E-state index is 12.9. The Bertz CT molecular complexity index is 1150. The highest BCUT2D eigenvalue weighted by molar-refractivity contribution is 7.89. The number of Topliss-reactive ketones (excluding diaryl/α,β-unsaturated/α-hetero) is 1. The fourth-order valence-electron chi connectivity index (χ4n) is 4.11. The summed E-state index contributed by atoms with van der Waals surface area (Å²) in [6.07, 6.45) is 3.56. The number of likely N-dealkylation sites (tertiary alicyclic amines) is 1. The number of carbonyl (C=O) groups excluding carboxylic acids is 2. The van der Waals surface area contributed by atoms with Crippen LogP contribution in [0.2, 0.25) is 0 Å². The molecule has 2 aliphatic rings. The van der Waals surface area contributed by atoms with Crippen LogP contribution in [0.4, 0.5) is 0 Å². The minimum atomic E-state index is -3.77. The van der Waals surface area contributed by atoms with E-state index in [1.165, 1.54) is 16.4 Å². The molecule has 4 rings (SSSR count). The van der Waals surface area contributed by atoms with Gasteiger partial charge in [-0.15, -0.1) is 0 Å². The van der Waals surface area contributed by atoms with Crippen molar-refractivity contribution >= 4 is 21.7 Å². The van der Waals surface area contributed by atoms with Crippen molar-refractivity contribution in [1.82, 2.24) is 19.1 Å². The number of hydrogen-bond acceptors (Lipinski definition) is 6. The van der Waals surface area contributed by atoms with Gasteiger partial charge >= 0.3 is 0 Å². The lowest BCUT2D eigenvalue weighted by Crippen LogP contribution is -2.49. The molecule has 0 radical (unpaired) electrons. The minimum Gasteiger partial charge on any atom is -0.356 e. The van der Waals surface area contributed by atoms with E-state index in [4.69, 9.17) is 0 Å². The molecule has 2 fully saturated rings. The van der Waals surface area contributed by atoms with Gasteiger partial charge in [-0.2, -0.15) is 9.57 Å². The monoisotopic (exact) mass is 455 g/mol. The summed E-state index contributed by atoms with van der Waals surface area (Å²) in [7, 11) is -3.77. The minimum absolute atomic E-state index is 0.00884. The standard InChI is InChI=1S/C22H25N5O4S/c23-14-17-5-1-2-6-21(17)32(30,31)27-11-9-25(10-12-27)16-20(28)18-13-19(24-15-18)22(29)26-7-3-4-8-26/h1-2,5-6,13,15,24H,3-4,7-12,16H2. The Labute approximate surface area is 187 Å². The number of piperazine rings is 1. The van der Waals surface area contributed by atoms with Gasteiger partial charge in [0, 0.05) is 51.0 Å². The van der Waals surface area contributed by atoms with Crippen LogP contribution in [0, 0.1) is 11.3 Å². The number of sulfonamides is 1. The van der Waals surface area contributed by atoms with Crippen LogP contribution >= 0.6 is 0 Å². The highest BCUT2D eigenvalue weighted by atomic mass is 32.2. The number of nitrogens with one attached hydrogen (secondary N) is 1. The average Bonchev–Trinajstić information content (AvgIpc) is 3.51. The van der Waals surface area contributed by atoms with Crippen LogP contribution in [-0.2, 0) is 10.0 Å². The van der Waals surface area contributed by atoms with E-state index in [9.17, 15) is 23.3 Å². The molecule has 1 N–H and O–H groups in total. The van der Waals surface area contributed by atoms with Crippen LogP contribution in [0.3, 0.4) is 0 Å². The number of ketones is 1. The number of rotatable bonds is 6. The number of H-pyrrole nitrogens is 1. The lowest BCUT2D eigenvalue weighted by molar-refractivity contribution is 0.0787. The SMILES string of the molecule is N#Cc1ccccc1S(=O)(=O)N1CCN(CC(=O)c2c[nH]c(C(=O)N3CCCC3)c2)CC1. The molecule has 32 heavy (non-hydrogen) atoms. The topological polar surface area (TPSA) is 118 Å². The third-order valence-corrected chi connectivity index (χ3v) is 7.91. The Morgan fingerprint density at radius 3 is 2.41 bits per heavy atom. The second kappa shape index (κ2) is 9.24. The van der Waals surface area contributed by atoms with Gasteiger partial charge in [0.15, 0.2) is 5.78 Å². The molecule has 0 saturated carbocycles. The summed E-state index contributed by atoms with van der Waals surface area (Å²) >= 11 is 0. The van der Waals surface area contributed by atoms with Crippen molar-refractivity contribution in [3.05, 3.63) is 53.3 Å². The maximum absolute atomic E-state index is 12.9. The zero-order chi connectivity index (χ0) is 22.7. The first-order valence-electron chi connectivity index (χ1n) is 10.6. The molecule has 9 nitrogen and oxygen atoms in total. The number of amides is 1. The van der Waals surface area contributed by atoms with Crippen LogP contribution < -0.4 is 0 Å². The maximum Gasteiger partial charge on any atom is 0.270 e. The molecule has 0 aliphatic carbocycles. The molecule has 3 heterocycles. The van der Waals surface area contributed by atoms with Crippen molar-refractivity contribution < 1.29 is 18.0 Å². The first-order valence-corrected chi connectivity index (χ1v) is 12.1. The van der Waals surface area contributed by atoms with Crippen molar-refractivity contribution in [2.45, 2.75) is 17.7 Å². The smallest absolute Gasteiger partial charge is 0.270 e. The van der Waals surface area contributed by atoms with Crippen LogP contribution in [0.1, 0.15) is 39.3 Å². The van der Waals surface area contributed by atoms with E-state index in [1.807, 2.05) is 11.0 Å². The number of aromatic nitrogens is 1. The Balaban J connectivity index is 1.35. The van der Waals surface area contributed by atoms with Gasteiger partial charge in [0.25, 0.3) is 5.91 Å². The second-order valence-electron chi connectivity index (χ2n) is 8.01. The molecule has 0 atom stereocenters.